The molecule has 1 aliphatic rings. The van der Waals surface area contributed by atoms with Crippen LogP contribution in [0.3, 0.4) is 0 Å². The van der Waals surface area contributed by atoms with Gasteiger partial charge in [-0.3, -0.25) is 0 Å². The van der Waals surface area contributed by atoms with Crippen molar-refractivity contribution in [2.75, 3.05) is 6.61 Å². The molecule has 0 N–H and O–H groups in total. The Morgan fingerprint density at radius 1 is 1.05 bits per heavy atom. The fraction of sp³-hybridized carbons (Fsp3) is 0.294. The van der Waals surface area contributed by atoms with Crippen LogP contribution in [0.15, 0.2) is 42.5 Å². The van der Waals surface area contributed by atoms with Crippen molar-refractivity contribution in [3.63, 3.8) is 0 Å². The van der Waals surface area contributed by atoms with E-state index in [4.69, 9.17) is 16.3 Å². The van der Waals surface area contributed by atoms with Crippen molar-refractivity contribution >= 4 is 11.6 Å². The molecule has 0 aliphatic carbocycles. The molecule has 0 bridgehead atoms. The molecule has 1 heterocycles. The summed E-state index contributed by atoms with van der Waals surface area (Å²) in [5, 5.41) is -0.0900. The maximum absolute atomic E-state index is 6.59. The Hall–Kier alpha value is -1.47. The van der Waals surface area contributed by atoms with Crippen LogP contribution in [-0.4, -0.2) is 6.61 Å². The van der Waals surface area contributed by atoms with E-state index < -0.39 is 0 Å². The molecule has 0 saturated carbocycles. The van der Waals surface area contributed by atoms with Gasteiger partial charge in [0.25, 0.3) is 0 Å². The van der Waals surface area contributed by atoms with Crippen LogP contribution in [-0.2, 0) is 6.42 Å². The molecule has 0 fully saturated rings. The molecule has 3 rings (SSSR count). The van der Waals surface area contributed by atoms with Gasteiger partial charge in [-0.25, -0.2) is 0 Å². The zero-order chi connectivity index (χ0) is 13.2. The number of aryl methyl sites for hydroxylation is 2. The summed E-state index contributed by atoms with van der Waals surface area (Å²) in [7, 11) is 0. The van der Waals surface area contributed by atoms with Gasteiger partial charge in [0.05, 0.1) is 12.0 Å². The molecule has 0 amide bonds. The Balaban J connectivity index is 1.91. The summed E-state index contributed by atoms with van der Waals surface area (Å²) in [5.41, 5.74) is 4.83. The van der Waals surface area contributed by atoms with Crippen molar-refractivity contribution in [2.45, 2.75) is 25.1 Å². The van der Waals surface area contributed by atoms with Gasteiger partial charge in [0.1, 0.15) is 5.75 Å². The lowest BCUT2D eigenvalue weighted by Gasteiger charge is -2.19. The van der Waals surface area contributed by atoms with Crippen molar-refractivity contribution in [2.24, 2.45) is 0 Å². The topological polar surface area (TPSA) is 9.23 Å². The Morgan fingerprint density at radius 3 is 2.58 bits per heavy atom. The highest BCUT2D eigenvalue weighted by Crippen LogP contribution is 2.33. The summed E-state index contributed by atoms with van der Waals surface area (Å²) in [4.78, 5) is 0. The van der Waals surface area contributed by atoms with Gasteiger partial charge in [0.15, 0.2) is 0 Å². The molecule has 1 unspecified atom stereocenters. The van der Waals surface area contributed by atoms with Gasteiger partial charge in [-0.05, 0) is 42.5 Å². The lowest BCUT2D eigenvalue weighted by Crippen LogP contribution is -2.08. The molecule has 2 aromatic carbocycles. The van der Waals surface area contributed by atoms with Crippen molar-refractivity contribution < 1.29 is 4.74 Å². The van der Waals surface area contributed by atoms with Crippen molar-refractivity contribution in [3.8, 4) is 5.75 Å². The second-order valence-corrected chi connectivity index (χ2v) is 5.53. The molecule has 98 valence electrons. The van der Waals surface area contributed by atoms with Gasteiger partial charge >= 0.3 is 0 Å². The van der Waals surface area contributed by atoms with E-state index in [0.717, 1.165) is 36.3 Å². The highest BCUT2D eigenvalue weighted by Gasteiger charge is 2.15. The Labute approximate surface area is 119 Å². The minimum absolute atomic E-state index is 0.0900. The number of halogens is 1. The molecule has 1 atom stereocenters. The van der Waals surface area contributed by atoms with Crippen LogP contribution in [0.25, 0.3) is 0 Å². The van der Waals surface area contributed by atoms with Gasteiger partial charge in [-0.15, -0.1) is 11.6 Å². The second-order valence-electron chi connectivity index (χ2n) is 5.09. The number of alkyl halides is 1. The van der Waals surface area contributed by atoms with Gasteiger partial charge in [-0.2, -0.15) is 0 Å². The fourth-order valence-electron chi connectivity index (χ4n) is 2.47. The number of hydrogen-bond donors (Lipinski definition) is 0. The Bertz CT molecular complexity index is 574. The van der Waals surface area contributed by atoms with E-state index in [1.807, 2.05) is 6.07 Å². The number of hydrogen-bond acceptors (Lipinski definition) is 1. The first-order valence-electron chi connectivity index (χ1n) is 6.70. The molecule has 1 aliphatic heterocycles. The van der Waals surface area contributed by atoms with Gasteiger partial charge in [0.2, 0.25) is 0 Å². The normalized spacial score (nSPS) is 15.5. The van der Waals surface area contributed by atoms with E-state index in [1.165, 1.54) is 11.1 Å². The van der Waals surface area contributed by atoms with Crippen LogP contribution in [0.5, 0.6) is 5.75 Å². The largest absolute Gasteiger partial charge is 0.493 e. The van der Waals surface area contributed by atoms with E-state index in [-0.39, 0.29) is 5.38 Å². The van der Waals surface area contributed by atoms with Crippen LogP contribution in [0.2, 0.25) is 0 Å². The number of ether oxygens (including phenoxy) is 1. The molecule has 0 saturated heterocycles. The van der Waals surface area contributed by atoms with E-state index in [9.17, 15) is 0 Å². The Kier molecular flexibility index (Phi) is 3.48. The highest BCUT2D eigenvalue weighted by molar-refractivity contribution is 6.22. The van der Waals surface area contributed by atoms with Crippen molar-refractivity contribution in [3.05, 3.63) is 64.7 Å². The maximum atomic E-state index is 6.59. The summed E-state index contributed by atoms with van der Waals surface area (Å²) >= 11 is 6.59. The average molecular weight is 273 g/mol. The first-order chi connectivity index (χ1) is 9.24. The van der Waals surface area contributed by atoms with Gasteiger partial charge in [0, 0.05) is 0 Å². The summed E-state index contributed by atoms with van der Waals surface area (Å²) in [6.45, 7) is 2.91. The third-order valence-electron chi connectivity index (χ3n) is 3.60. The predicted molar refractivity (Wildman–Crippen MR) is 79.1 cm³/mol. The first-order valence-corrected chi connectivity index (χ1v) is 7.14. The first kappa shape index (κ1) is 12.6. The lowest BCUT2D eigenvalue weighted by molar-refractivity contribution is 0.288. The number of fused-ring (bicyclic) bond motifs is 1. The highest BCUT2D eigenvalue weighted by atomic mass is 35.5. The number of benzene rings is 2. The van der Waals surface area contributed by atoms with E-state index >= 15 is 0 Å². The molecule has 1 nitrogen and oxygen atoms in total. The van der Waals surface area contributed by atoms with E-state index in [0.29, 0.717) is 0 Å². The van der Waals surface area contributed by atoms with Crippen LogP contribution in [0.4, 0.5) is 0 Å². The summed E-state index contributed by atoms with van der Waals surface area (Å²) in [6.07, 6.45) is 2.18. The zero-order valence-electron chi connectivity index (χ0n) is 11.0. The van der Waals surface area contributed by atoms with Crippen LogP contribution in [0, 0.1) is 6.92 Å². The van der Waals surface area contributed by atoms with E-state index in [1.54, 1.807) is 0 Å². The quantitative estimate of drug-likeness (QED) is 0.723. The molecule has 19 heavy (non-hydrogen) atoms. The summed E-state index contributed by atoms with van der Waals surface area (Å²) in [5.74, 6) is 1.02. The van der Waals surface area contributed by atoms with Crippen LogP contribution in [0.1, 0.15) is 34.1 Å². The van der Waals surface area contributed by atoms with Crippen molar-refractivity contribution in [1.29, 1.82) is 0 Å². The molecular weight excluding hydrogens is 256 g/mol. The van der Waals surface area contributed by atoms with Gasteiger partial charge in [-0.1, -0.05) is 42.0 Å². The van der Waals surface area contributed by atoms with Crippen molar-refractivity contribution in [1.82, 2.24) is 0 Å². The SMILES string of the molecule is Cc1ccc(C(Cl)c2ccc3c(c2)CCCO3)cc1. The molecule has 0 spiro atoms. The molecule has 2 heteroatoms. The standard InChI is InChI=1S/C17H17ClO/c1-12-4-6-13(7-5-12)17(18)15-8-9-16-14(11-15)3-2-10-19-16/h4-9,11,17H,2-3,10H2,1H3. The summed E-state index contributed by atoms with van der Waals surface area (Å²) in [6, 6.07) is 14.7. The van der Waals surface area contributed by atoms with Crippen LogP contribution >= 0.6 is 11.6 Å². The molecule has 2 aromatic rings. The molecule has 0 radical (unpaired) electrons. The monoisotopic (exact) mass is 272 g/mol. The maximum Gasteiger partial charge on any atom is 0.122 e. The van der Waals surface area contributed by atoms with Crippen LogP contribution < -0.4 is 4.74 Å². The molecule has 0 aromatic heterocycles. The average Bonchev–Trinajstić information content (AvgIpc) is 2.47. The second kappa shape index (κ2) is 5.26. The predicted octanol–water partition coefficient (Wildman–Crippen LogP) is 4.65. The third kappa shape index (κ3) is 2.62. The number of rotatable bonds is 2. The zero-order valence-corrected chi connectivity index (χ0v) is 11.8. The smallest absolute Gasteiger partial charge is 0.122 e. The third-order valence-corrected chi connectivity index (χ3v) is 4.10. The Morgan fingerprint density at radius 2 is 1.79 bits per heavy atom. The fourth-order valence-corrected chi connectivity index (χ4v) is 2.75. The summed E-state index contributed by atoms with van der Waals surface area (Å²) < 4.78 is 5.64. The lowest BCUT2D eigenvalue weighted by atomic mass is 9.98. The van der Waals surface area contributed by atoms with Gasteiger partial charge < -0.3 is 4.74 Å². The van der Waals surface area contributed by atoms with E-state index in [2.05, 4.69) is 43.3 Å². The molecular formula is C17H17ClO. The minimum atomic E-state index is -0.0900. The minimum Gasteiger partial charge on any atom is -0.493 e.